The molecule has 3 heteroatoms. The summed E-state index contributed by atoms with van der Waals surface area (Å²) in [7, 11) is 0. The molecule has 0 bridgehead atoms. The Morgan fingerprint density at radius 3 is 1.71 bits per heavy atom. The van der Waals surface area contributed by atoms with E-state index in [4.69, 9.17) is 4.74 Å². The van der Waals surface area contributed by atoms with Gasteiger partial charge in [-0.05, 0) is 91.8 Å². The van der Waals surface area contributed by atoms with Gasteiger partial charge in [-0.2, -0.15) is 0 Å². The Labute approximate surface area is 320 Å². The summed E-state index contributed by atoms with van der Waals surface area (Å²) in [5.74, 6) is 1.74. The number of para-hydroxylation sites is 2. The third kappa shape index (κ3) is 5.12. The van der Waals surface area contributed by atoms with Crippen LogP contribution in [0.25, 0.3) is 54.2 Å². The molecule has 0 radical (unpaired) electrons. The number of rotatable bonds is 6. The average Bonchev–Trinajstić information content (AvgIpc) is 3.25. The fourth-order valence-electron chi connectivity index (χ4n) is 8.94. The van der Waals surface area contributed by atoms with E-state index in [9.17, 15) is 0 Å². The van der Waals surface area contributed by atoms with Crippen molar-refractivity contribution in [2.75, 3.05) is 4.90 Å². The summed E-state index contributed by atoms with van der Waals surface area (Å²) in [6, 6.07) is 74.6. The van der Waals surface area contributed by atoms with Gasteiger partial charge in [-0.3, -0.25) is 0 Å². The van der Waals surface area contributed by atoms with Gasteiger partial charge in [-0.15, -0.1) is 0 Å². The first-order valence-corrected chi connectivity index (χ1v) is 19.0. The lowest BCUT2D eigenvalue weighted by molar-refractivity contribution is 0.487. The van der Waals surface area contributed by atoms with Gasteiger partial charge in [0.15, 0.2) is 0 Å². The van der Waals surface area contributed by atoms with Crippen LogP contribution in [0, 0.1) is 0 Å². The summed E-state index contributed by atoms with van der Waals surface area (Å²) in [5, 5.41) is 9.89. The van der Waals surface area contributed by atoms with Crippen LogP contribution in [0.5, 0.6) is 11.5 Å². The number of anilines is 3. The van der Waals surface area contributed by atoms with Gasteiger partial charge < -0.3 is 9.64 Å². The maximum Gasteiger partial charge on any atom is 0.242 e. The van der Waals surface area contributed by atoms with Crippen LogP contribution in [0.4, 0.5) is 17.1 Å². The van der Waals surface area contributed by atoms with Crippen molar-refractivity contribution in [1.29, 1.82) is 0 Å². The minimum Gasteiger partial charge on any atom is -0.456 e. The Kier molecular flexibility index (Phi) is 7.31. The summed E-state index contributed by atoms with van der Waals surface area (Å²) in [6.07, 6.45) is 0. The Hall–Kier alpha value is -7.10. The minimum absolute atomic E-state index is 0.0278. The van der Waals surface area contributed by atoms with Crippen molar-refractivity contribution in [2.45, 2.75) is 0 Å². The molecule has 1 heterocycles. The molecule has 0 aromatic heterocycles. The molecule has 1 aliphatic rings. The van der Waals surface area contributed by atoms with Gasteiger partial charge in [0.05, 0.1) is 0 Å². The Morgan fingerprint density at radius 1 is 0.345 bits per heavy atom. The normalized spacial score (nSPS) is 11.8. The van der Waals surface area contributed by atoms with E-state index in [1.807, 2.05) is 0 Å². The van der Waals surface area contributed by atoms with Crippen LogP contribution >= 0.6 is 0 Å². The summed E-state index contributed by atoms with van der Waals surface area (Å²) in [6.45, 7) is 0.0278. The smallest absolute Gasteiger partial charge is 0.242 e. The van der Waals surface area contributed by atoms with Gasteiger partial charge in [0, 0.05) is 34.1 Å². The van der Waals surface area contributed by atoms with Crippen LogP contribution < -0.4 is 26.0 Å². The predicted octanol–water partition coefficient (Wildman–Crippen LogP) is 12.1. The van der Waals surface area contributed by atoms with Crippen LogP contribution in [0.3, 0.4) is 0 Å². The molecule has 55 heavy (non-hydrogen) atoms. The van der Waals surface area contributed by atoms with Crippen LogP contribution in [-0.2, 0) is 0 Å². The van der Waals surface area contributed by atoms with Gasteiger partial charge >= 0.3 is 0 Å². The highest BCUT2D eigenvalue weighted by Gasteiger charge is 2.29. The quantitative estimate of drug-likeness (QED) is 0.127. The molecule has 0 aliphatic carbocycles. The third-order valence-corrected chi connectivity index (χ3v) is 11.3. The number of benzene rings is 10. The van der Waals surface area contributed by atoms with Crippen molar-refractivity contribution in [3.63, 3.8) is 0 Å². The third-order valence-electron chi connectivity index (χ3n) is 11.3. The molecule has 0 unspecified atom stereocenters. The summed E-state index contributed by atoms with van der Waals surface area (Å²) < 4.78 is 6.89. The zero-order chi connectivity index (χ0) is 36.3. The van der Waals surface area contributed by atoms with Gasteiger partial charge in [0.25, 0.3) is 0 Å². The molecular formula is C52H34BNO. The van der Waals surface area contributed by atoms with Crippen molar-refractivity contribution in [2.24, 2.45) is 0 Å². The molecule has 0 N–H and O–H groups in total. The van der Waals surface area contributed by atoms with E-state index in [0.29, 0.717) is 0 Å². The second-order valence-electron chi connectivity index (χ2n) is 14.4. The van der Waals surface area contributed by atoms with Crippen LogP contribution in [0.15, 0.2) is 206 Å². The molecule has 0 atom stereocenters. The molecule has 0 spiro atoms. The minimum atomic E-state index is 0.0278. The molecule has 0 fully saturated rings. The highest BCUT2D eigenvalue weighted by molar-refractivity contribution is 6.98. The molecule has 256 valence electrons. The van der Waals surface area contributed by atoms with E-state index in [0.717, 1.165) is 39.5 Å². The first kappa shape index (κ1) is 31.4. The summed E-state index contributed by atoms with van der Waals surface area (Å²) in [5.41, 5.74) is 9.42. The molecule has 0 saturated heterocycles. The van der Waals surface area contributed by atoms with E-state index in [-0.39, 0.29) is 6.71 Å². The van der Waals surface area contributed by atoms with Gasteiger partial charge in [0.1, 0.15) is 11.5 Å². The van der Waals surface area contributed by atoms with E-state index in [1.54, 1.807) is 0 Å². The van der Waals surface area contributed by atoms with Crippen LogP contribution in [0.1, 0.15) is 0 Å². The first-order valence-electron chi connectivity index (χ1n) is 19.0. The van der Waals surface area contributed by atoms with E-state index in [1.165, 1.54) is 59.7 Å². The van der Waals surface area contributed by atoms with E-state index < -0.39 is 0 Å². The Bertz CT molecular complexity index is 3030. The lowest BCUT2D eigenvalue weighted by Crippen LogP contribution is -2.52. The largest absolute Gasteiger partial charge is 0.456 e. The van der Waals surface area contributed by atoms with Gasteiger partial charge in [-0.25, -0.2) is 0 Å². The van der Waals surface area contributed by atoms with Crippen LogP contribution in [0.2, 0.25) is 0 Å². The molecule has 0 saturated carbocycles. The first-order chi connectivity index (χ1) is 27.3. The molecule has 11 rings (SSSR count). The van der Waals surface area contributed by atoms with Gasteiger partial charge in [0.2, 0.25) is 6.71 Å². The lowest BCUT2D eigenvalue weighted by Gasteiger charge is -2.28. The maximum absolute atomic E-state index is 6.89. The second-order valence-corrected chi connectivity index (χ2v) is 14.4. The molecule has 0 amide bonds. The number of hydrogen-bond acceptors (Lipinski definition) is 2. The van der Waals surface area contributed by atoms with Gasteiger partial charge in [-0.1, -0.05) is 168 Å². The Morgan fingerprint density at radius 2 is 0.945 bits per heavy atom. The summed E-state index contributed by atoms with van der Waals surface area (Å²) in [4.78, 5) is 2.29. The highest BCUT2D eigenvalue weighted by atomic mass is 16.5. The number of ether oxygens (including phenoxy) is 1. The second kappa shape index (κ2) is 12.8. The molecule has 10 aromatic carbocycles. The summed E-state index contributed by atoms with van der Waals surface area (Å²) >= 11 is 0. The molecular weight excluding hydrogens is 665 g/mol. The predicted molar refractivity (Wildman–Crippen MR) is 234 cm³/mol. The lowest BCUT2D eigenvalue weighted by atomic mass is 9.35. The molecule has 2 nitrogen and oxygen atoms in total. The van der Waals surface area contributed by atoms with Crippen molar-refractivity contribution in [3.8, 4) is 22.6 Å². The van der Waals surface area contributed by atoms with Crippen molar-refractivity contribution in [3.05, 3.63) is 206 Å². The monoisotopic (exact) mass is 699 g/mol. The number of nitrogens with zero attached hydrogens (tertiary/aromatic N) is 1. The fraction of sp³-hybridized carbons (Fsp3) is 0. The van der Waals surface area contributed by atoms with E-state index >= 15 is 0 Å². The number of hydrogen-bond donors (Lipinski definition) is 0. The topological polar surface area (TPSA) is 12.5 Å². The van der Waals surface area contributed by atoms with Crippen molar-refractivity contribution >= 4 is 83.3 Å². The number of fused-ring (bicyclic) bond motifs is 7. The SMILES string of the molecule is c1ccc(B(c2cccc3ccccc23)c2cc3c4cccc5c4c(cc3c3ccccc23)-c2ccc(N(c3ccccc3)c3ccccc3)cc2O5)cc1. The highest BCUT2D eigenvalue weighted by Crippen LogP contribution is 2.51. The maximum atomic E-state index is 6.89. The van der Waals surface area contributed by atoms with Crippen molar-refractivity contribution in [1.82, 2.24) is 0 Å². The van der Waals surface area contributed by atoms with Crippen LogP contribution in [-0.4, -0.2) is 6.71 Å². The van der Waals surface area contributed by atoms with Crippen molar-refractivity contribution < 1.29 is 4.74 Å². The average molecular weight is 700 g/mol. The molecule has 1 aliphatic heterocycles. The van der Waals surface area contributed by atoms with E-state index in [2.05, 4.69) is 211 Å². The Balaban J connectivity index is 1.15. The fourth-order valence-corrected chi connectivity index (χ4v) is 8.94. The zero-order valence-electron chi connectivity index (χ0n) is 30.1. The zero-order valence-corrected chi connectivity index (χ0v) is 30.1. The standard InChI is InChI=1S/C52H34BNO/c1-4-18-36(19-5-1)53(48-28-14-17-35-16-10-11-24-40(35)48)49-34-46-44-27-15-29-50-52(44)47(33-45(46)41-25-12-13-26-42(41)49)43-31-30-39(32-51(43)55-50)54(37-20-6-2-7-21-37)38-22-8-3-9-23-38/h1-34H. The molecule has 10 aromatic rings.